The average molecular weight is 301 g/mol. The van der Waals surface area contributed by atoms with E-state index in [4.69, 9.17) is 4.42 Å². The summed E-state index contributed by atoms with van der Waals surface area (Å²) in [4.78, 5) is 12.3. The van der Waals surface area contributed by atoms with Gasteiger partial charge in [0.05, 0.1) is 5.56 Å². The van der Waals surface area contributed by atoms with Gasteiger partial charge in [0.1, 0.15) is 5.58 Å². The van der Waals surface area contributed by atoms with E-state index in [1.54, 1.807) is 0 Å². The van der Waals surface area contributed by atoms with Crippen molar-refractivity contribution in [2.24, 2.45) is 0 Å². The minimum atomic E-state index is -0.305. The predicted octanol–water partition coefficient (Wildman–Crippen LogP) is 4.56. The van der Waals surface area contributed by atoms with Gasteiger partial charge in [0.2, 0.25) is 0 Å². The summed E-state index contributed by atoms with van der Waals surface area (Å²) >= 11 is 0. The average Bonchev–Trinajstić information content (AvgIpc) is 3.09. The quantitative estimate of drug-likeness (QED) is 0.509. The zero-order valence-electron chi connectivity index (χ0n) is 12.7. The summed E-state index contributed by atoms with van der Waals surface area (Å²) in [6.07, 6.45) is 4.00. The van der Waals surface area contributed by atoms with Crippen molar-refractivity contribution in [2.75, 3.05) is 0 Å². The van der Waals surface area contributed by atoms with Crippen LogP contribution >= 0.6 is 0 Å². The second-order valence-corrected chi connectivity index (χ2v) is 5.57. The van der Waals surface area contributed by atoms with Crippen molar-refractivity contribution in [3.8, 4) is 16.8 Å². The fourth-order valence-corrected chi connectivity index (χ4v) is 2.87. The van der Waals surface area contributed by atoms with Crippen molar-refractivity contribution in [2.45, 2.75) is 6.92 Å². The summed E-state index contributed by atoms with van der Waals surface area (Å²) in [5.74, 6) is 0. The van der Waals surface area contributed by atoms with Crippen LogP contribution in [0.25, 0.3) is 27.8 Å². The summed E-state index contributed by atoms with van der Waals surface area (Å²) in [5.41, 5.74) is 3.92. The topological polar surface area (TPSA) is 35.1 Å². The number of nitrogens with zero attached hydrogens (tertiary/aromatic N) is 1. The Labute approximate surface area is 133 Å². The maximum atomic E-state index is 12.3. The molecule has 0 radical (unpaired) electrons. The third-order valence-electron chi connectivity index (χ3n) is 4.04. The molecule has 0 bridgehead atoms. The Hall–Kier alpha value is -3.07. The molecule has 0 saturated carbocycles. The van der Waals surface area contributed by atoms with Crippen LogP contribution in [-0.2, 0) is 0 Å². The molecule has 0 spiro atoms. The van der Waals surface area contributed by atoms with Gasteiger partial charge < -0.3 is 8.98 Å². The maximum Gasteiger partial charge on any atom is 0.344 e. The van der Waals surface area contributed by atoms with Crippen LogP contribution in [0.4, 0.5) is 0 Å². The highest BCUT2D eigenvalue weighted by Gasteiger charge is 2.10. The smallest absolute Gasteiger partial charge is 0.344 e. The van der Waals surface area contributed by atoms with Crippen LogP contribution in [0.3, 0.4) is 0 Å². The Morgan fingerprint density at radius 2 is 1.65 bits per heavy atom. The number of hydrogen-bond acceptors (Lipinski definition) is 2. The number of hydrogen-bond donors (Lipinski definition) is 0. The molecule has 23 heavy (non-hydrogen) atoms. The predicted molar refractivity (Wildman–Crippen MR) is 92.0 cm³/mol. The van der Waals surface area contributed by atoms with Crippen molar-refractivity contribution in [1.29, 1.82) is 0 Å². The number of rotatable bonds is 2. The van der Waals surface area contributed by atoms with Crippen LogP contribution in [0.5, 0.6) is 0 Å². The molecule has 0 amide bonds. The minimum absolute atomic E-state index is 0.305. The lowest BCUT2D eigenvalue weighted by Crippen LogP contribution is -2.04. The SMILES string of the molecule is Cc1cc(-n2cccc2)ccc1-c1cc2ccccc2oc1=O. The van der Waals surface area contributed by atoms with Crippen LogP contribution in [0.15, 0.2) is 82.3 Å². The Morgan fingerprint density at radius 1 is 0.870 bits per heavy atom. The van der Waals surface area contributed by atoms with Gasteiger partial charge in [0.25, 0.3) is 0 Å². The van der Waals surface area contributed by atoms with E-state index >= 15 is 0 Å². The first kappa shape index (κ1) is 13.6. The van der Waals surface area contributed by atoms with Crippen LogP contribution in [-0.4, -0.2) is 4.57 Å². The van der Waals surface area contributed by atoms with Gasteiger partial charge in [-0.3, -0.25) is 0 Å². The van der Waals surface area contributed by atoms with Crippen LogP contribution < -0.4 is 5.63 Å². The molecule has 112 valence electrons. The first-order valence-corrected chi connectivity index (χ1v) is 7.50. The second-order valence-electron chi connectivity index (χ2n) is 5.57. The lowest BCUT2D eigenvalue weighted by Gasteiger charge is -2.09. The maximum absolute atomic E-state index is 12.3. The van der Waals surface area contributed by atoms with Gasteiger partial charge in [0, 0.05) is 23.5 Å². The molecule has 2 aromatic carbocycles. The molecule has 0 aliphatic heterocycles. The van der Waals surface area contributed by atoms with E-state index in [1.807, 2.05) is 78.5 Å². The van der Waals surface area contributed by atoms with E-state index in [0.29, 0.717) is 11.1 Å². The highest BCUT2D eigenvalue weighted by Crippen LogP contribution is 2.25. The fourth-order valence-electron chi connectivity index (χ4n) is 2.87. The van der Waals surface area contributed by atoms with E-state index in [9.17, 15) is 4.79 Å². The van der Waals surface area contributed by atoms with Crippen LogP contribution in [0, 0.1) is 6.92 Å². The molecule has 2 aromatic heterocycles. The lowest BCUT2D eigenvalue weighted by molar-refractivity contribution is 0.563. The Kier molecular flexibility index (Phi) is 3.12. The summed E-state index contributed by atoms with van der Waals surface area (Å²) in [5, 5.41) is 0.927. The molecule has 0 fully saturated rings. The first-order chi connectivity index (χ1) is 11.2. The van der Waals surface area contributed by atoms with E-state index in [1.165, 1.54) is 0 Å². The molecule has 0 atom stereocenters. The molecule has 0 N–H and O–H groups in total. The molecule has 3 nitrogen and oxygen atoms in total. The third-order valence-corrected chi connectivity index (χ3v) is 4.04. The Bertz CT molecular complexity index is 1040. The third kappa shape index (κ3) is 2.36. The van der Waals surface area contributed by atoms with Gasteiger partial charge in [-0.2, -0.15) is 0 Å². The first-order valence-electron chi connectivity index (χ1n) is 7.50. The largest absolute Gasteiger partial charge is 0.422 e. The standard InChI is InChI=1S/C20H15NO2/c1-14-12-16(21-10-4-5-11-21)8-9-17(14)18-13-15-6-2-3-7-19(15)23-20(18)22/h2-13H,1H3. The van der Waals surface area contributed by atoms with Gasteiger partial charge in [-0.25, -0.2) is 4.79 Å². The monoisotopic (exact) mass is 301 g/mol. The molecular weight excluding hydrogens is 286 g/mol. The molecule has 2 heterocycles. The fraction of sp³-hybridized carbons (Fsp3) is 0.0500. The molecule has 0 aliphatic carbocycles. The Balaban J connectivity index is 1.88. The molecule has 0 saturated heterocycles. The second kappa shape index (κ2) is 5.29. The molecule has 3 heteroatoms. The minimum Gasteiger partial charge on any atom is -0.422 e. The van der Waals surface area contributed by atoms with Gasteiger partial charge in [0.15, 0.2) is 0 Å². The Morgan fingerprint density at radius 3 is 2.43 bits per heavy atom. The highest BCUT2D eigenvalue weighted by molar-refractivity contribution is 5.82. The zero-order chi connectivity index (χ0) is 15.8. The number of aromatic nitrogens is 1. The number of benzene rings is 2. The van der Waals surface area contributed by atoms with Crippen LogP contribution in [0.2, 0.25) is 0 Å². The van der Waals surface area contributed by atoms with Gasteiger partial charge in [-0.05, 0) is 54.4 Å². The summed E-state index contributed by atoms with van der Waals surface area (Å²) < 4.78 is 7.49. The van der Waals surface area contributed by atoms with Gasteiger partial charge >= 0.3 is 5.63 Å². The van der Waals surface area contributed by atoms with Crippen molar-refractivity contribution in [3.63, 3.8) is 0 Å². The van der Waals surface area contributed by atoms with E-state index in [-0.39, 0.29) is 5.63 Å². The summed E-state index contributed by atoms with van der Waals surface area (Å²) in [7, 11) is 0. The van der Waals surface area contributed by atoms with E-state index in [2.05, 4.69) is 6.07 Å². The zero-order valence-corrected chi connectivity index (χ0v) is 12.7. The van der Waals surface area contributed by atoms with E-state index < -0.39 is 0 Å². The number of fused-ring (bicyclic) bond motifs is 1. The van der Waals surface area contributed by atoms with Gasteiger partial charge in [-0.1, -0.05) is 24.3 Å². The molecule has 4 aromatic rings. The van der Waals surface area contributed by atoms with E-state index in [0.717, 1.165) is 22.2 Å². The number of para-hydroxylation sites is 1. The molecule has 4 rings (SSSR count). The van der Waals surface area contributed by atoms with Crippen molar-refractivity contribution < 1.29 is 4.42 Å². The lowest BCUT2D eigenvalue weighted by atomic mass is 10.0. The molecule has 0 unspecified atom stereocenters. The van der Waals surface area contributed by atoms with Crippen molar-refractivity contribution in [3.05, 3.63) is 89.0 Å². The molecular formula is C20H15NO2. The normalized spacial score (nSPS) is 11.0. The number of aryl methyl sites for hydroxylation is 1. The van der Waals surface area contributed by atoms with Crippen molar-refractivity contribution >= 4 is 11.0 Å². The van der Waals surface area contributed by atoms with Gasteiger partial charge in [-0.15, -0.1) is 0 Å². The van der Waals surface area contributed by atoms with Crippen molar-refractivity contribution in [1.82, 2.24) is 4.57 Å². The highest BCUT2D eigenvalue weighted by atomic mass is 16.4. The van der Waals surface area contributed by atoms with Crippen LogP contribution in [0.1, 0.15) is 5.56 Å². The summed E-state index contributed by atoms with van der Waals surface area (Å²) in [6.45, 7) is 2.01. The summed E-state index contributed by atoms with van der Waals surface area (Å²) in [6, 6.07) is 19.5. The molecule has 0 aliphatic rings.